The highest BCUT2D eigenvalue weighted by atomic mass is 32.2. The smallest absolute Gasteiger partial charge is 0.247 e. The van der Waals surface area contributed by atoms with E-state index in [1.807, 2.05) is 6.07 Å². The lowest BCUT2D eigenvalue weighted by molar-refractivity contribution is -0.120. The van der Waals surface area contributed by atoms with Crippen molar-refractivity contribution in [1.82, 2.24) is 0 Å². The van der Waals surface area contributed by atoms with Gasteiger partial charge in [-0.05, 0) is 38.1 Å². The molecule has 19 heavy (non-hydrogen) atoms. The maximum absolute atomic E-state index is 12.2. The van der Waals surface area contributed by atoms with Crippen LogP contribution in [0.4, 0.5) is 5.69 Å². The van der Waals surface area contributed by atoms with Crippen molar-refractivity contribution in [2.75, 3.05) is 18.2 Å². The van der Waals surface area contributed by atoms with E-state index in [1.54, 1.807) is 24.3 Å². The number of benzene rings is 1. The predicted molar refractivity (Wildman–Crippen MR) is 73.5 cm³/mol. The van der Waals surface area contributed by atoms with Crippen molar-refractivity contribution in [2.24, 2.45) is 0 Å². The first-order valence-electron chi connectivity index (χ1n) is 5.59. The van der Waals surface area contributed by atoms with E-state index in [9.17, 15) is 13.2 Å². The van der Waals surface area contributed by atoms with Gasteiger partial charge in [-0.1, -0.05) is 0 Å². The molecule has 0 atom stereocenters. The van der Waals surface area contributed by atoms with Crippen LogP contribution in [0.1, 0.15) is 19.4 Å². The summed E-state index contributed by atoms with van der Waals surface area (Å²) in [7, 11) is -2.00. The minimum atomic E-state index is -3.51. The van der Waals surface area contributed by atoms with E-state index in [0.717, 1.165) is 6.26 Å². The molecule has 0 unspecified atom stereocenters. The summed E-state index contributed by atoms with van der Waals surface area (Å²) in [5.41, 5.74) is 1.02. The van der Waals surface area contributed by atoms with Gasteiger partial charge in [0, 0.05) is 19.0 Å². The number of carbonyl (C=O) groups is 1. The van der Waals surface area contributed by atoms with Gasteiger partial charge in [0.15, 0.2) is 9.84 Å². The molecular formula is C13H16N2O3S. The maximum atomic E-state index is 12.2. The van der Waals surface area contributed by atoms with Gasteiger partial charge < -0.3 is 4.90 Å². The van der Waals surface area contributed by atoms with E-state index in [-0.39, 0.29) is 0 Å². The van der Waals surface area contributed by atoms with Crippen LogP contribution in [0.3, 0.4) is 0 Å². The molecule has 6 heteroatoms. The average Bonchev–Trinajstić information content (AvgIpc) is 2.35. The fraction of sp³-hybridized carbons (Fsp3) is 0.385. The molecule has 1 amide bonds. The van der Waals surface area contributed by atoms with Crippen LogP contribution in [0.25, 0.3) is 0 Å². The fourth-order valence-electron chi connectivity index (χ4n) is 1.44. The first-order chi connectivity index (χ1) is 8.61. The first kappa shape index (κ1) is 15.2. The van der Waals surface area contributed by atoms with Gasteiger partial charge >= 0.3 is 0 Å². The Balaban J connectivity index is 3.10. The fourth-order valence-corrected chi connectivity index (χ4v) is 1.89. The van der Waals surface area contributed by atoms with E-state index < -0.39 is 20.5 Å². The molecule has 0 fully saturated rings. The maximum Gasteiger partial charge on any atom is 0.247 e. The summed E-state index contributed by atoms with van der Waals surface area (Å²) in [6.07, 6.45) is 1.04. The van der Waals surface area contributed by atoms with Gasteiger partial charge in [0.1, 0.15) is 4.75 Å². The highest BCUT2D eigenvalue weighted by Gasteiger charge is 2.40. The minimum absolute atomic E-state index is 0.479. The number of sulfone groups is 1. The summed E-state index contributed by atoms with van der Waals surface area (Å²) >= 11 is 0. The molecule has 0 saturated carbocycles. The molecular weight excluding hydrogens is 264 g/mol. The normalized spacial score (nSPS) is 11.7. The molecule has 1 aromatic rings. The third-order valence-electron chi connectivity index (χ3n) is 3.13. The summed E-state index contributed by atoms with van der Waals surface area (Å²) in [5, 5.41) is 8.70. The summed E-state index contributed by atoms with van der Waals surface area (Å²) < 4.78 is 21.8. The molecule has 0 saturated heterocycles. The van der Waals surface area contributed by atoms with Crippen LogP contribution >= 0.6 is 0 Å². The SMILES string of the molecule is CN(C(=O)C(C)(C)S(C)(=O)=O)c1ccc(C#N)cc1. The van der Waals surface area contributed by atoms with Gasteiger partial charge in [-0.15, -0.1) is 0 Å². The van der Waals surface area contributed by atoms with Gasteiger partial charge in [0.25, 0.3) is 0 Å². The number of nitriles is 1. The number of nitrogens with zero attached hydrogens (tertiary/aromatic N) is 2. The second-order valence-electron chi connectivity index (χ2n) is 4.81. The summed E-state index contributed by atoms with van der Waals surface area (Å²) in [4.78, 5) is 13.5. The zero-order valence-electron chi connectivity index (χ0n) is 11.3. The Hall–Kier alpha value is -1.87. The monoisotopic (exact) mass is 280 g/mol. The van der Waals surface area contributed by atoms with Crippen LogP contribution in [0.15, 0.2) is 24.3 Å². The molecule has 5 nitrogen and oxygen atoms in total. The van der Waals surface area contributed by atoms with Gasteiger partial charge in [-0.2, -0.15) is 5.26 Å². The molecule has 0 bridgehead atoms. The molecule has 0 heterocycles. The zero-order valence-corrected chi connectivity index (χ0v) is 12.2. The number of anilines is 1. The third kappa shape index (κ3) is 2.93. The van der Waals surface area contributed by atoms with E-state index in [0.29, 0.717) is 11.3 Å². The molecule has 0 spiro atoms. The van der Waals surface area contributed by atoms with E-state index >= 15 is 0 Å². The molecule has 0 N–H and O–H groups in total. The largest absolute Gasteiger partial charge is 0.314 e. The van der Waals surface area contributed by atoms with Gasteiger partial charge in [0.2, 0.25) is 5.91 Å². The zero-order chi connectivity index (χ0) is 14.8. The molecule has 0 aliphatic heterocycles. The Kier molecular flexibility index (Phi) is 4.01. The van der Waals surface area contributed by atoms with Gasteiger partial charge in [-0.25, -0.2) is 8.42 Å². The standard InChI is InChI=1S/C13H16N2O3S/c1-13(2,19(4,17)18)12(16)15(3)11-7-5-10(9-14)6-8-11/h5-8H,1-4H3. The predicted octanol–water partition coefficient (Wildman–Crippen LogP) is 1.34. The van der Waals surface area contributed by atoms with Crippen LogP contribution in [0, 0.1) is 11.3 Å². The molecule has 1 aromatic carbocycles. The molecule has 1 rings (SSSR count). The topological polar surface area (TPSA) is 78.2 Å². The number of rotatable bonds is 3. The van der Waals surface area contributed by atoms with Crippen LogP contribution in [-0.4, -0.2) is 32.4 Å². The second kappa shape index (κ2) is 5.02. The second-order valence-corrected chi connectivity index (χ2v) is 7.37. The Morgan fingerprint density at radius 3 is 2.11 bits per heavy atom. The minimum Gasteiger partial charge on any atom is -0.314 e. The van der Waals surface area contributed by atoms with Crippen molar-refractivity contribution in [3.63, 3.8) is 0 Å². The first-order valence-corrected chi connectivity index (χ1v) is 7.48. The van der Waals surface area contributed by atoms with Crippen molar-refractivity contribution < 1.29 is 13.2 Å². The number of hydrogen-bond acceptors (Lipinski definition) is 4. The van der Waals surface area contributed by atoms with Gasteiger partial charge in [0.05, 0.1) is 11.6 Å². The molecule has 0 aromatic heterocycles. The Labute approximate surface area is 113 Å². The van der Waals surface area contributed by atoms with Crippen molar-refractivity contribution in [3.8, 4) is 6.07 Å². The Morgan fingerprint density at radius 1 is 1.26 bits per heavy atom. The summed E-state index contributed by atoms with van der Waals surface area (Å²) in [6, 6.07) is 8.34. The molecule has 102 valence electrons. The van der Waals surface area contributed by atoms with Crippen molar-refractivity contribution in [3.05, 3.63) is 29.8 Å². The number of amides is 1. The van der Waals surface area contributed by atoms with E-state index in [1.165, 1.54) is 25.8 Å². The average molecular weight is 280 g/mol. The quantitative estimate of drug-likeness (QED) is 0.837. The van der Waals surface area contributed by atoms with Crippen molar-refractivity contribution >= 4 is 21.4 Å². The lowest BCUT2D eigenvalue weighted by atomic mass is 10.1. The highest BCUT2D eigenvalue weighted by molar-refractivity contribution is 7.92. The lowest BCUT2D eigenvalue weighted by Crippen LogP contribution is -2.48. The van der Waals surface area contributed by atoms with Crippen LogP contribution in [-0.2, 0) is 14.6 Å². The van der Waals surface area contributed by atoms with Crippen LogP contribution < -0.4 is 4.90 Å². The summed E-state index contributed by atoms with van der Waals surface area (Å²) in [5.74, 6) is -0.514. The van der Waals surface area contributed by atoms with Gasteiger partial charge in [-0.3, -0.25) is 4.79 Å². The van der Waals surface area contributed by atoms with Crippen molar-refractivity contribution in [2.45, 2.75) is 18.6 Å². The highest BCUT2D eigenvalue weighted by Crippen LogP contribution is 2.22. The Bertz CT molecular complexity index is 625. The number of hydrogen-bond donors (Lipinski definition) is 0. The summed E-state index contributed by atoms with van der Waals surface area (Å²) in [6.45, 7) is 2.76. The Morgan fingerprint density at radius 2 is 1.74 bits per heavy atom. The number of carbonyl (C=O) groups excluding carboxylic acids is 1. The van der Waals surface area contributed by atoms with Crippen molar-refractivity contribution in [1.29, 1.82) is 5.26 Å². The van der Waals surface area contributed by atoms with E-state index in [2.05, 4.69) is 0 Å². The molecule has 0 aliphatic carbocycles. The molecule has 0 aliphatic rings. The van der Waals surface area contributed by atoms with Crippen LogP contribution in [0.2, 0.25) is 0 Å². The third-order valence-corrected chi connectivity index (χ3v) is 5.16. The van der Waals surface area contributed by atoms with Crippen LogP contribution in [0.5, 0.6) is 0 Å². The van der Waals surface area contributed by atoms with E-state index in [4.69, 9.17) is 5.26 Å². The lowest BCUT2D eigenvalue weighted by Gasteiger charge is -2.27. The molecule has 0 radical (unpaired) electrons.